The van der Waals surface area contributed by atoms with Crippen molar-refractivity contribution in [3.8, 4) is 11.6 Å². The van der Waals surface area contributed by atoms with Crippen molar-refractivity contribution in [1.82, 2.24) is 10.3 Å². The average Bonchev–Trinajstić information content (AvgIpc) is 2.70. The van der Waals surface area contributed by atoms with Gasteiger partial charge in [0.15, 0.2) is 0 Å². The molecule has 5 nitrogen and oxygen atoms in total. The number of nitrogens with zero attached hydrogens (tertiary/aromatic N) is 1. The number of primary amides is 1. The summed E-state index contributed by atoms with van der Waals surface area (Å²) in [5.74, 6) is 1.62. The van der Waals surface area contributed by atoms with E-state index >= 15 is 0 Å². The molecule has 4 rings (SSSR count). The predicted octanol–water partition coefficient (Wildman–Crippen LogP) is 4.52. The maximum Gasteiger partial charge on any atom is 0.250 e. The quantitative estimate of drug-likeness (QED) is 0.801. The largest absolute Gasteiger partial charge is 0.439 e. The maximum absolute atomic E-state index is 11.2. The normalized spacial score (nSPS) is 24.4. The van der Waals surface area contributed by atoms with Gasteiger partial charge in [-0.25, -0.2) is 4.98 Å². The second-order valence-electron chi connectivity index (χ2n) is 8.28. The van der Waals surface area contributed by atoms with Crippen molar-refractivity contribution in [3.05, 3.63) is 53.2 Å². The third-order valence-electron chi connectivity index (χ3n) is 6.13. The van der Waals surface area contributed by atoms with E-state index in [0.717, 1.165) is 18.1 Å². The molecule has 0 radical (unpaired) electrons. The fraction of sp³-hybridized carbons (Fsp3) is 0.478. The molecule has 0 spiro atoms. The second-order valence-corrected chi connectivity index (χ2v) is 8.28. The number of carbonyl (C=O) groups is 1. The van der Waals surface area contributed by atoms with Crippen LogP contribution in [0.15, 0.2) is 36.5 Å². The lowest BCUT2D eigenvalue weighted by atomic mass is 9.84. The van der Waals surface area contributed by atoms with Crippen LogP contribution in [0.2, 0.25) is 0 Å². The summed E-state index contributed by atoms with van der Waals surface area (Å²) in [4.78, 5) is 15.4. The van der Waals surface area contributed by atoms with Crippen LogP contribution >= 0.6 is 0 Å². The Kier molecular flexibility index (Phi) is 5.62. The number of carbonyl (C=O) groups excluding carboxylic acids is 1. The Morgan fingerprint density at radius 2 is 1.96 bits per heavy atom. The lowest BCUT2D eigenvalue weighted by molar-refractivity contribution is 0.1000. The molecule has 1 fully saturated rings. The molecule has 1 atom stereocenters. The molecule has 1 heterocycles. The number of amides is 1. The van der Waals surface area contributed by atoms with Gasteiger partial charge in [0.05, 0.1) is 5.56 Å². The molecule has 5 heteroatoms. The van der Waals surface area contributed by atoms with Gasteiger partial charge < -0.3 is 15.8 Å². The zero-order valence-electron chi connectivity index (χ0n) is 16.5. The van der Waals surface area contributed by atoms with Crippen LogP contribution in [0.5, 0.6) is 11.6 Å². The van der Waals surface area contributed by atoms with Crippen molar-refractivity contribution in [3.63, 3.8) is 0 Å². The number of fused-ring (bicyclic) bond motifs is 1. The third-order valence-corrected chi connectivity index (χ3v) is 6.13. The van der Waals surface area contributed by atoms with Gasteiger partial charge in [-0.1, -0.05) is 13.0 Å². The van der Waals surface area contributed by atoms with Gasteiger partial charge >= 0.3 is 0 Å². The lowest BCUT2D eigenvalue weighted by Gasteiger charge is -2.34. The molecule has 2 aromatic rings. The first-order chi connectivity index (χ1) is 13.6. The van der Waals surface area contributed by atoms with Gasteiger partial charge in [0.2, 0.25) is 11.8 Å². The highest BCUT2D eigenvalue weighted by atomic mass is 16.5. The molecular weight excluding hydrogens is 350 g/mol. The van der Waals surface area contributed by atoms with Gasteiger partial charge in [0.25, 0.3) is 0 Å². The Labute approximate surface area is 166 Å². The third kappa shape index (κ3) is 4.36. The highest BCUT2D eigenvalue weighted by molar-refractivity contribution is 5.92. The Balaban J connectivity index is 1.48. The first-order valence-corrected chi connectivity index (χ1v) is 10.4. The Morgan fingerprint density at radius 3 is 2.68 bits per heavy atom. The van der Waals surface area contributed by atoms with Crippen LogP contribution in [0, 0.1) is 5.92 Å². The molecule has 1 saturated carbocycles. The summed E-state index contributed by atoms with van der Waals surface area (Å²) in [6, 6.07) is 10.7. The van der Waals surface area contributed by atoms with Crippen molar-refractivity contribution < 1.29 is 9.53 Å². The molecule has 1 amide bonds. The zero-order valence-corrected chi connectivity index (χ0v) is 16.5. The first kappa shape index (κ1) is 18.9. The van der Waals surface area contributed by atoms with Crippen LogP contribution in [0.3, 0.4) is 0 Å². The highest BCUT2D eigenvalue weighted by Crippen LogP contribution is 2.35. The number of pyridine rings is 1. The first-order valence-electron chi connectivity index (χ1n) is 10.4. The molecule has 1 aromatic heterocycles. The molecule has 1 aromatic carbocycles. The van der Waals surface area contributed by atoms with Crippen LogP contribution in [-0.2, 0) is 6.42 Å². The van der Waals surface area contributed by atoms with Gasteiger partial charge in [0.1, 0.15) is 5.75 Å². The van der Waals surface area contributed by atoms with Crippen molar-refractivity contribution in [1.29, 1.82) is 0 Å². The van der Waals surface area contributed by atoms with Crippen LogP contribution in [-0.4, -0.2) is 16.9 Å². The fourth-order valence-electron chi connectivity index (χ4n) is 4.43. The highest BCUT2D eigenvalue weighted by Gasteiger charge is 2.25. The van der Waals surface area contributed by atoms with Gasteiger partial charge in [-0.05, 0) is 80.2 Å². The summed E-state index contributed by atoms with van der Waals surface area (Å²) in [6.45, 7) is 2.36. The number of hydrogen-bond acceptors (Lipinski definition) is 4. The van der Waals surface area contributed by atoms with E-state index in [1.807, 2.05) is 6.07 Å². The zero-order chi connectivity index (χ0) is 19.5. The average molecular weight is 380 g/mol. The second kappa shape index (κ2) is 8.31. The standard InChI is InChI=1S/C23H29N3O2/c1-15-5-9-18(10-6-15)26-21-4-2-3-16-7-11-19(13-20(16)21)28-22-12-8-17(14-25-22)23(24)27/h7-8,11-15,18,21,26H,2-6,9-10H2,1H3,(H2,24,27). The van der Waals surface area contributed by atoms with E-state index in [2.05, 4.69) is 29.4 Å². The van der Waals surface area contributed by atoms with Gasteiger partial charge in [-0.2, -0.15) is 0 Å². The lowest BCUT2D eigenvalue weighted by Crippen LogP contribution is -2.37. The fourth-order valence-corrected chi connectivity index (χ4v) is 4.43. The minimum Gasteiger partial charge on any atom is -0.439 e. The number of hydrogen-bond donors (Lipinski definition) is 2. The number of nitrogens with one attached hydrogen (secondary N) is 1. The molecule has 148 valence electrons. The minimum atomic E-state index is -0.487. The number of ether oxygens (including phenoxy) is 1. The number of aromatic nitrogens is 1. The Hall–Kier alpha value is -2.40. The molecule has 0 bridgehead atoms. The predicted molar refractivity (Wildman–Crippen MR) is 110 cm³/mol. The SMILES string of the molecule is CC1CCC(NC2CCCc3ccc(Oc4ccc(C(N)=O)cn4)cc32)CC1. The van der Waals surface area contributed by atoms with Gasteiger partial charge in [-0.15, -0.1) is 0 Å². The smallest absolute Gasteiger partial charge is 0.250 e. The molecule has 0 aliphatic heterocycles. The van der Waals surface area contributed by atoms with Crippen LogP contribution in [0.4, 0.5) is 0 Å². The molecule has 3 N–H and O–H groups in total. The van der Waals surface area contributed by atoms with E-state index in [0.29, 0.717) is 23.5 Å². The Bertz CT molecular complexity index is 826. The van der Waals surface area contributed by atoms with Crippen LogP contribution in [0.1, 0.15) is 73.0 Å². The summed E-state index contributed by atoms with van der Waals surface area (Å²) in [7, 11) is 0. The summed E-state index contributed by atoms with van der Waals surface area (Å²) in [5, 5.41) is 3.92. The van der Waals surface area contributed by atoms with Crippen molar-refractivity contribution in [2.75, 3.05) is 0 Å². The van der Waals surface area contributed by atoms with E-state index in [1.165, 1.54) is 55.8 Å². The number of rotatable bonds is 5. The van der Waals surface area contributed by atoms with Gasteiger partial charge in [-0.3, -0.25) is 4.79 Å². The van der Waals surface area contributed by atoms with Crippen LogP contribution < -0.4 is 15.8 Å². The Morgan fingerprint density at radius 1 is 1.14 bits per heavy atom. The number of aryl methyl sites for hydroxylation is 1. The van der Waals surface area contributed by atoms with E-state index in [4.69, 9.17) is 10.5 Å². The molecule has 28 heavy (non-hydrogen) atoms. The monoisotopic (exact) mass is 379 g/mol. The summed E-state index contributed by atoms with van der Waals surface area (Å²) < 4.78 is 5.94. The van der Waals surface area contributed by atoms with E-state index in [1.54, 1.807) is 12.1 Å². The number of nitrogens with two attached hydrogens (primary N) is 1. The summed E-state index contributed by atoms with van der Waals surface area (Å²) >= 11 is 0. The van der Waals surface area contributed by atoms with Crippen LogP contribution in [0.25, 0.3) is 0 Å². The van der Waals surface area contributed by atoms with E-state index in [-0.39, 0.29) is 0 Å². The maximum atomic E-state index is 11.2. The van der Waals surface area contributed by atoms with Gasteiger partial charge in [0, 0.05) is 24.3 Å². The van der Waals surface area contributed by atoms with Crippen molar-refractivity contribution >= 4 is 5.91 Å². The summed E-state index contributed by atoms with van der Waals surface area (Å²) in [6.07, 6.45) is 10.2. The van der Waals surface area contributed by atoms with E-state index < -0.39 is 5.91 Å². The van der Waals surface area contributed by atoms with E-state index in [9.17, 15) is 4.79 Å². The molecule has 2 aliphatic rings. The van der Waals surface area contributed by atoms with Crippen molar-refractivity contribution in [2.24, 2.45) is 11.7 Å². The van der Waals surface area contributed by atoms with Crippen molar-refractivity contribution in [2.45, 2.75) is 64.0 Å². The topological polar surface area (TPSA) is 77.2 Å². The minimum absolute atomic E-state index is 0.379. The molecule has 2 aliphatic carbocycles. The summed E-state index contributed by atoms with van der Waals surface area (Å²) in [5.41, 5.74) is 8.42. The molecule has 0 saturated heterocycles. The molecular formula is C23H29N3O2. The molecule has 1 unspecified atom stereocenters. The number of benzene rings is 1.